The third kappa shape index (κ3) is 6.68. The molecule has 1 fully saturated rings. The predicted octanol–water partition coefficient (Wildman–Crippen LogP) is 7.07. The van der Waals surface area contributed by atoms with E-state index in [-0.39, 0.29) is 47.9 Å². The van der Waals surface area contributed by atoms with Crippen molar-refractivity contribution in [3.8, 4) is 0 Å². The van der Waals surface area contributed by atoms with Gasteiger partial charge in [-0.05, 0) is 65.8 Å². The molecule has 0 saturated heterocycles. The second-order valence-corrected chi connectivity index (χ2v) is 12.4. The van der Waals surface area contributed by atoms with Crippen molar-refractivity contribution in [1.29, 1.82) is 0 Å². The number of allylic oxidation sites excluding steroid dienone is 1. The summed E-state index contributed by atoms with van der Waals surface area (Å²) in [5.74, 6) is -2.04. The fourth-order valence-electron chi connectivity index (χ4n) is 5.54. The molecule has 2 aromatic rings. The molecule has 1 aliphatic rings. The van der Waals surface area contributed by atoms with Gasteiger partial charge < -0.3 is 0 Å². The standard InChI is InChI=1S/C28H36F3N3O2S/c1-6-34(37(35,36)17-20-9-7-10-21(29)15-20)18-28(4)14-13-22(19(2)3)23(28)16-26(33-32-5)27-24(30)11-8-12-25(27)31/h7-12,15-16,19,22-23H,6,13-14,17-18H2,1-5H3/b26-16-,33-32?/t22-,23+,28?/m1/s1. The number of hydrogen-bond acceptors (Lipinski definition) is 4. The fraction of sp³-hybridized carbons (Fsp3) is 0.500. The molecule has 5 nitrogen and oxygen atoms in total. The summed E-state index contributed by atoms with van der Waals surface area (Å²) in [7, 11) is -2.31. The maximum Gasteiger partial charge on any atom is 0.218 e. The summed E-state index contributed by atoms with van der Waals surface area (Å²) >= 11 is 0. The summed E-state index contributed by atoms with van der Waals surface area (Å²) in [6.45, 7) is 8.47. The molecule has 0 amide bonds. The van der Waals surface area contributed by atoms with Gasteiger partial charge in [0.2, 0.25) is 10.0 Å². The van der Waals surface area contributed by atoms with Crippen molar-refractivity contribution in [2.45, 2.75) is 46.3 Å². The van der Waals surface area contributed by atoms with Crippen LogP contribution in [0.1, 0.15) is 51.7 Å². The lowest BCUT2D eigenvalue weighted by Gasteiger charge is -2.37. The minimum absolute atomic E-state index is 0.104. The van der Waals surface area contributed by atoms with E-state index in [0.717, 1.165) is 12.8 Å². The third-order valence-corrected chi connectivity index (χ3v) is 9.33. The molecule has 0 N–H and O–H groups in total. The van der Waals surface area contributed by atoms with Crippen LogP contribution in [0.2, 0.25) is 0 Å². The summed E-state index contributed by atoms with van der Waals surface area (Å²) in [6, 6.07) is 9.26. The van der Waals surface area contributed by atoms with E-state index in [1.54, 1.807) is 19.1 Å². The molecule has 2 aromatic carbocycles. The van der Waals surface area contributed by atoms with Gasteiger partial charge in [0.05, 0.1) is 17.0 Å². The van der Waals surface area contributed by atoms with Gasteiger partial charge in [0, 0.05) is 20.1 Å². The van der Waals surface area contributed by atoms with Gasteiger partial charge in [-0.2, -0.15) is 10.2 Å². The van der Waals surface area contributed by atoms with Gasteiger partial charge >= 0.3 is 0 Å². The highest BCUT2D eigenvalue weighted by molar-refractivity contribution is 7.88. The summed E-state index contributed by atoms with van der Waals surface area (Å²) < 4.78 is 71.3. The molecule has 0 radical (unpaired) electrons. The maximum absolute atomic E-state index is 14.7. The van der Waals surface area contributed by atoms with E-state index in [2.05, 4.69) is 24.1 Å². The van der Waals surface area contributed by atoms with Crippen molar-refractivity contribution in [3.63, 3.8) is 0 Å². The zero-order chi connectivity index (χ0) is 27.4. The highest BCUT2D eigenvalue weighted by Crippen LogP contribution is 2.52. The van der Waals surface area contributed by atoms with Gasteiger partial charge in [-0.1, -0.05) is 52.0 Å². The Balaban J connectivity index is 2.02. The summed E-state index contributed by atoms with van der Waals surface area (Å²) in [5.41, 5.74) is -0.272. The van der Waals surface area contributed by atoms with Crippen LogP contribution in [0.3, 0.4) is 0 Å². The van der Waals surface area contributed by atoms with Crippen molar-refractivity contribution >= 4 is 15.7 Å². The largest absolute Gasteiger partial charge is 0.218 e. The Labute approximate surface area is 218 Å². The summed E-state index contributed by atoms with van der Waals surface area (Å²) in [6.07, 6.45) is 3.35. The van der Waals surface area contributed by atoms with Crippen LogP contribution in [0.5, 0.6) is 0 Å². The number of sulfonamides is 1. The monoisotopic (exact) mass is 535 g/mol. The quantitative estimate of drug-likeness (QED) is 0.306. The van der Waals surface area contributed by atoms with Crippen LogP contribution in [0.25, 0.3) is 5.70 Å². The first-order chi connectivity index (χ1) is 17.4. The van der Waals surface area contributed by atoms with E-state index < -0.39 is 32.9 Å². The number of azo groups is 1. The Hall–Kier alpha value is -2.52. The maximum atomic E-state index is 14.7. The molecule has 0 spiro atoms. The number of nitrogens with zero attached hydrogens (tertiary/aromatic N) is 3. The Bertz CT molecular complexity index is 1240. The van der Waals surface area contributed by atoms with Gasteiger partial charge in [-0.3, -0.25) is 0 Å². The van der Waals surface area contributed by atoms with E-state index in [4.69, 9.17) is 0 Å². The first-order valence-electron chi connectivity index (χ1n) is 12.6. The van der Waals surface area contributed by atoms with Crippen LogP contribution in [-0.4, -0.2) is 32.9 Å². The molecule has 1 saturated carbocycles. The molecule has 0 heterocycles. The highest BCUT2D eigenvalue weighted by Gasteiger charge is 2.47. The topological polar surface area (TPSA) is 62.1 Å². The van der Waals surface area contributed by atoms with Crippen molar-refractivity contribution in [2.75, 3.05) is 20.1 Å². The van der Waals surface area contributed by atoms with E-state index in [0.29, 0.717) is 5.56 Å². The molecule has 3 rings (SSSR count). The molecular formula is C28H36F3N3O2S. The molecule has 3 atom stereocenters. The Kier molecular flexibility index (Phi) is 9.34. The Morgan fingerprint density at radius 3 is 2.38 bits per heavy atom. The molecule has 9 heteroatoms. The van der Waals surface area contributed by atoms with Gasteiger partial charge in [0.1, 0.15) is 17.5 Å². The minimum Gasteiger partial charge on any atom is -0.212 e. The van der Waals surface area contributed by atoms with E-state index in [1.807, 2.05) is 6.92 Å². The number of rotatable bonds is 10. The lowest BCUT2D eigenvalue weighted by Crippen LogP contribution is -2.42. The first kappa shape index (κ1) is 29.0. The summed E-state index contributed by atoms with van der Waals surface area (Å²) in [5, 5.41) is 7.90. The third-order valence-electron chi connectivity index (χ3n) is 7.46. The zero-order valence-electron chi connectivity index (χ0n) is 22.1. The SMILES string of the molecule is CCN(CC1(C)CC[C@H](C(C)C)[C@@H]1/C=C(\N=NC)c1c(F)cccc1F)S(=O)(=O)Cc1cccc(F)c1. The highest BCUT2D eigenvalue weighted by atomic mass is 32.2. The van der Waals surface area contributed by atoms with Crippen LogP contribution in [-0.2, 0) is 15.8 Å². The molecule has 0 bridgehead atoms. The van der Waals surface area contributed by atoms with Crippen LogP contribution < -0.4 is 0 Å². The average Bonchev–Trinajstić information content (AvgIpc) is 3.13. The Morgan fingerprint density at radius 2 is 1.81 bits per heavy atom. The van der Waals surface area contributed by atoms with Gasteiger partial charge in [-0.15, -0.1) is 0 Å². The number of benzene rings is 2. The molecule has 1 unspecified atom stereocenters. The zero-order valence-corrected chi connectivity index (χ0v) is 22.9. The number of halogens is 3. The fourth-order valence-corrected chi connectivity index (χ4v) is 7.21. The Morgan fingerprint density at radius 1 is 1.16 bits per heavy atom. The first-order valence-corrected chi connectivity index (χ1v) is 14.2. The van der Waals surface area contributed by atoms with Crippen molar-refractivity contribution in [3.05, 3.63) is 77.1 Å². The van der Waals surface area contributed by atoms with Crippen LogP contribution >= 0.6 is 0 Å². The van der Waals surface area contributed by atoms with E-state index >= 15 is 0 Å². The molecule has 37 heavy (non-hydrogen) atoms. The predicted molar refractivity (Wildman–Crippen MR) is 141 cm³/mol. The van der Waals surface area contributed by atoms with Crippen molar-refractivity contribution < 1.29 is 21.6 Å². The summed E-state index contributed by atoms with van der Waals surface area (Å²) in [4.78, 5) is 0. The van der Waals surface area contributed by atoms with Crippen molar-refractivity contribution in [1.82, 2.24) is 4.31 Å². The van der Waals surface area contributed by atoms with Crippen molar-refractivity contribution in [2.24, 2.45) is 33.4 Å². The van der Waals surface area contributed by atoms with Gasteiger partial charge in [0.15, 0.2) is 0 Å². The molecular weight excluding hydrogens is 499 g/mol. The molecule has 0 aliphatic heterocycles. The van der Waals surface area contributed by atoms with Crippen LogP contribution in [0.4, 0.5) is 13.2 Å². The lowest BCUT2D eigenvalue weighted by atomic mass is 9.73. The number of hydrogen-bond donors (Lipinski definition) is 0. The lowest BCUT2D eigenvalue weighted by molar-refractivity contribution is 0.173. The normalized spacial score (nSPS) is 23.0. The van der Waals surface area contributed by atoms with E-state index in [1.165, 1.54) is 47.8 Å². The van der Waals surface area contributed by atoms with Gasteiger partial charge in [-0.25, -0.2) is 25.9 Å². The van der Waals surface area contributed by atoms with Crippen LogP contribution in [0.15, 0.2) is 58.8 Å². The molecule has 202 valence electrons. The molecule has 1 aliphatic carbocycles. The second kappa shape index (κ2) is 11.9. The molecule has 0 aromatic heterocycles. The smallest absolute Gasteiger partial charge is 0.212 e. The second-order valence-electron chi connectivity index (χ2n) is 10.4. The van der Waals surface area contributed by atoms with E-state index in [9.17, 15) is 21.6 Å². The van der Waals surface area contributed by atoms with Crippen LogP contribution in [0, 0.1) is 40.6 Å². The average molecular weight is 536 g/mol. The van der Waals surface area contributed by atoms with Gasteiger partial charge in [0.25, 0.3) is 0 Å². The minimum atomic E-state index is -3.75.